The summed E-state index contributed by atoms with van der Waals surface area (Å²) in [6.07, 6.45) is 0.331. The molecule has 0 N–H and O–H groups in total. The fourth-order valence-electron chi connectivity index (χ4n) is 3.09. The van der Waals surface area contributed by atoms with Gasteiger partial charge in [-0.25, -0.2) is 4.39 Å². The summed E-state index contributed by atoms with van der Waals surface area (Å²) in [4.78, 5) is 16.8. The van der Waals surface area contributed by atoms with E-state index in [1.807, 2.05) is 4.90 Å². The first-order chi connectivity index (χ1) is 10.5. The Bertz CT molecular complexity index is 480. The monoisotopic (exact) mass is 308 g/mol. The summed E-state index contributed by atoms with van der Waals surface area (Å²) >= 11 is 0. The summed E-state index contributed by atoms with van der Waals surface area (Å²) in [5.41, 5.74) is 0.855. The Morgan fingerprint density at radius 2 is 1.82 bits per heavy atom. The summed E-state index contributed by atoms with van der Waals surface area (Å²) in [7, 11) is 1.71. The van der Waals surface area contributed by atoms with Crippen molar-refractivity contribution in [1.29, 1.82) is 0 Å². The summed E-state index contributed by atoms with van der Waals surface area (Å²) < 4.78 is 18.1. The number of piperazine rings is 1. The Hall–Kier alpha value is -1.46. The van der Waals surface area contributed by atoms with Crippen molar-refractivity contribution in [2.24, 2.45) is 0 Å². The maximum absolute atomic E-state index is 12.9. The molecule has 2 atom stereocenters. The van der Waals surface area contributed by atoms with Crippen molar-refractivity contribution in [1.82, 2.24) is 9.80 Å². The summed E-state index contributed by atoms with van der Waals surface area (Å²) in [6.45, 7) is 7.34. The van der Waals surface area contributed by atoms with Crippen LogP contribution in [0.5, 0.6) is 0 Å². The van der Waals surface area contributed by atoms with E-state index in [1.165, 1.54) is 12.1 Å². The molecule has 1 aromatic rings. The number of carbonyl (C=O) groups excluding carboxylic acids is 1. The lowest BCUT2D eigenvalue weighted by Crippen LogP contribution is -2.58. The van der Waals surface area contributed by atoms with Crippen LogP contribution in [-0.2, 0) is 16.0 Å². The summed E-state index contributed by atoms with van der Waals surface area (Å²) in [5, 5.41) is 0. The molecule has 2 unspecified atom stereocenters. The molecule has 0 saturated carbocycles. The van der Waals surface area contributed by atoms with E-state index in [0.717, 1.165) is 25.2 Å². The molecular weight excluding hydrogens is 283 g/mol. The third kappa shape index (κ3) is 4.27. The molecule has 1 aliphatic heterocycles. The van der Waals surface area contributed by atoms with Gasteiger partial charge in [-0.15, -0.1) is 0 Å². The molecule has 0 radical (unpaired) electrons. The highest BCUT2D eigenvalue weighted by atomic mass is 19.1. The number of hydrogen-bond acceptors (Lipinski definition) is 3. The second-order valence-corrected chi connectivity index (χ2v) is 6.03. The Morgan fingerprint density at radius 1 is 1.23 bits per heavy atom. The number of hydrogen-bond donors (Lipinski definition) is 0. The number of nitrogens with zero attached hydrogens (tertiary/aromatic N) is 2. The first-order valence-electron chi connectivity index (χ1n) is 7.78. The topological polar surface area (TPSA) is 32.8 Å². The van der Waals surface area contributed by atoms with E-state index in [1.54, 1.807) is 19.2 Å². The normalized spacial score (nSPS) is 22.8. The van der Waals surface area contributed by atoms with E-state index in [4.69, 9.17) is 4.74 Å². The smallest absolute Gasteiger partial charge is 0.227 e. The lowest BCUT2D eigenvalue weighted by atomic mass is 10.1. The first-order valence-corrected chi connectivity index (χ1v) is 7.78. The van der Waals surface area contributed by atoms with E-state index < -0.39 is 0 Å². The maximum Gasteiger partial charge on any atom is 0.227 e. The zero-order valence-corrected chi connectivity index (χ0v) is 13.6. The predicted molar refractivity (Wildman–Crippen MR) is 84.2 cm³/mol. The predicted octanol–water partition coefficient (Wildman–Crippen LogP) is 1.94. The Morgan fingerprint density at radius 3 is 2.36 bits per heavy atom. The standard InChI is InChI=1S/C17H25FN2O2/c1-13-11-19(12-14(2)20(13)8-9-22-3)17(21)10-15-4-6-16(18)7-5-15/h4-7,13-14H,8-12H2,1-3H3. The minimum Gasteiger partial charge on any atom is -0.383 e. The van der Waals surface area contributed by atoms with Crippen molar-refractivity contribution in [3.63, 3.8) is 0 Å². The van der Waals surface area contributed by atoms with Crippen molar-refractivity contribution in [2.45, 2.75) is 32.4 Å². The van der Waals surface area contributed by atoms with Crippen LogP contribution in [0.2, 0.25) is 0 Å². The second kappa shape index (κ2) is 7.70. The Kier molecular flexibility index (Phi) is 5.91. The molecule has 0 aromatic heterocycles. The van der Waals surface area contributed by atoms with Crippen molar-refractivity contribution >= 4 is 5.91 Å². The number of benzene rings is 1. The highest BCUT2D eigenvalue weighted by Gasteiger charge is 2.31. The molecule has 22 heavy (non-hydrogen) atoms. The third-order valence-electron chi connectivity index (χ3n) is 4.28. The van der Waals surface area contributed by atoms with Gasteiger partial charge >= 0.3 is 0 Å². The van der Waals surface area contributed by atoms with Gasteiger partial charge in [0, 0.05) is 38.8 Å². The van der Waals surface area contributed by atoms with Crippen LogP contribution in [0.15, 0.2) is 24.3 Å². The molecule has 1 fully saturated rings. The molecule has 4 nitrogen and oxygen atoms in total. The van der Waals surface area contributed by atoms with Crippen LogP contribution < -0.4 is 0 Å². The molecule has 5 heteroatoms. The number of ether oxygens (including phenoxy) is 1. The highest BCUT2D eigenvalue weighted by molar-refractivity contribution is 5.79. The number of amides is 1. The number of methoxy groups -OCH3 is 1. The average molecular weight is 308 g/mol. The van der Waals surface area contributed by atoms with Gasteiger partial charge < -0.3 is 9.64 Å². The number of carbonyl (C=O) groups is 1. The van der Waals surface area contributed by atoms with E-state index >= 15 is 0 Å². The molecule has 1 aromatic carbocycles. The Balaban J connectivity index is 1.93. The number of rotatable bonds is 5. The van der Waals surface area contributed by atoms with Crippen LogP contribution in [-0.4, -0.2) is 61.1 Å². The van der Waals surface area contributed by atoms with Crippen LogP contribution in [0, 0.1) is 5.82 Å². The lowest BCUT2D eigenvalue weighted by Gasteiger charge is -2.44. The zero-order chi connectivity index (χ0) is 16.1. The fraction of sp³-hybridized carbons (Fsp3) is 0.588. The van der Waals surface area contributed by atoms with E-state index in [0.29, 0.717) is 25.1 Å². The van der Waals surface area contributed by atoms with Gasteiger partial charge in [0.05, 0.1) is 13.0 Å². The van der Waals surface area contributed by atoms with E-state index in [9.17, 15) is 9.18 Å². The van der Waals surface area contributed by atoms with Gasteiger partial charge in [-0.3, -0.25) is 9.69 Å². The van der Waals surface area contributed by atoms with Gasteiger partial charge in [0.15, 0.2) is 0 Å². The fourth-order valence-corrected chi connectivity index (χ4v) is 3.09. The minimum absolute atomic E-state index is 0.108. The molecule has 0 bridgehead atoms. The van der Waals surface area contributed by atoms with Crippen LogP contribution in [0.25, 0.3) is 0 Å². The molecule has 1 aliphatic rings. The van der Waals surface area contributed by atoms with Crippen LogP contribution in [0.3, 0.4) is 0 Å². The molecule has 1 heterocycles. The quantitative estimate of drug-likeness (QED) is 0.833. The molecule has 2 rings (SSSR count). The summed E-state index contributed by atoms with van der Waals surface area (Å²) in [5.74, 6) is -0.165. The first kappa shape index (κ1) is 16.9. The summed E-state index contributed by atoms with van der Waals surface area (Å²) in [6, 6.07) is 6.78. The molecule has 1 amide bonds. The van der Waals surface area contributed by atoms with E-state index in [2.05, 4.69) is 18.7 Å². The second-order valence-electron chi connectivity index (χ2n) is 6.03. The Labute approximate surface area is 131 Å². The minimum atomic E-state index is -0.273. The van der Waals surface area contributed by atoms with Crippen LogP contribution >= 0.6 is 0 Å². The average Bonchev–Trinajstić information content (AvgIpc) is 2.48. The van der Waals surface area contributed by atoms with E-state index in [-0.39, 0.29) is 11.7 Å². The van der Waals surface area contributed by atoms with Crippen molar-refractivity contribution in [3.8, 4) is 0 Å². The third-order valence-corrected chi connectivity index (χ3v) is 4.28. The molecule has 0 aliphatic carbocycles. The zero-order valence-electron chi connectivity index (χ0n) is 13.6. The highest BCUT2D eigenvalue weighted by Crippen LogP contribution is 2.17. The lowest BCUT2D eigenvalue weighted by molar-refractivity contribution is -0.135. The van der Waals surface area contributed by atoms with Gasteiger partial charge in [0.25, 0.3) is 0 Å². The van der Waals surface area contributed by atoms with Gasteiger partial charge in [0.1, 0.15) is 5.82 Å². The van der Waals surface area contributed by atoms with Crippen molar-refractivity contribution in [2.75, 3.05) is 33.4 Å². The SMILES string of the molecule is COCCN1C(C)CN(C(=O)Cc2ccc(F)cc2)CC1C. The molecule has 122 valence electrons. The van der Waals surface area contributed by atoms with Crippen molar-refractivity contribution < 1.29 is 13.9 Å². The van der Waals surface area contributed by atoms with Gasteiger partial charge in [-0.1, -0.05) is 12.1 Å². The number of halogens is 1. The van der Waals surface area contributed by atoms with Gasteiger partial charge in [0.2, 0.25) is 5.91 Å². The largest absolute Gasteiger partial charge is 0.383 e. The van der Waals surface area contributed by atoms with Gasteiger partial charge in [-0.2, -0.15) is 0 Å². The van der Waals surface area contributed by atoms with Crippen molar-refractivity contribution in [3.05, 3.63) is 35.6 Å². The molecule has 0 spiro atoms. The van der Waals surface area contributed by atoms with Crippen LogP contribution in [0.1, 0.15) is 19.4 Å². The molecule has 1 saturated heterocycles. The molecular formula is C17H25FN2O2. The van der Waals surface area contributed by atoms with Gasteiger partial charge in [-0.05, 0) is 31.5 Å². The maximum atomic E-state index is 12.9. The van der Waals surface area contributed by atoms with Crippen LogP contribution in [0.4, 0.5) is 4.39 Å².